The van der Waals surface area contributed by atoms with Gasteiger partial charge >= 0.3 is 0 Å². The molecular weight excluding hydrogens is 358 g/mol. The summed E-state index contributed by atoms with van der Waals surface area (Å²) in [6, 6.07) is 7.21. The number of hydrogen-bond acceptors (Lipinski definition) is 3. The molecule has 1 saturated heterocycles. The van der Waals surface area contributed by atoms with Gasteiger partial charge in [-0.15, -0.1) is 6.58 Å². The number of aryl methyl sites for hydroxylation is 1. The van der Waals surface area contributed by atoms with E-state index in [1.54, 1.807) is 7.11 Å². The van der Waals surface area contributed by atoms with Gasteiger partial charge in [-0.3, -0.25) is 0 Å². The van der Waals surface area contributed by atoms with Gasteiger partial charge in [-0.1, -0.05) is 19.1 Å². The first-order valence-corrected chi connectivity index (χ1v) is 11.6. The minimum absolute atomic E-state index is 0.265. The molecule has 0 radical (unpaired) electrons. The van der Waals surface area contributed by atoms with E-state index in [1.165, 1.54) is 43.5 Å². The number of methoxy groups -OCH3 is 1. The van der Waals surface area contributed by atoms with E-state index in [4.69, 9.17) is 9.47 Å². The summed E-state index contributed by atoms with van der Waals surface area (Å²) in [5.74, 6) is 3.73. The summed E-state index contributed by atoms with van der Waals surface area (Å²) in [5.41, 5.74) is 2.88. The molecule has 1 saturated carbocycles. The van der Waals surface area contributed by atoms with Gasteiger partial charge < -0.3 is 14.4 Å². The highest BCUT2D eigenvalue weighted by atomic mass is 16.5. The number of ether oxygens (including phenoxy) is 2. The van der Waals surface area contributed by atoms with Gasteiger partial charge in [-0.2, -0.15) is 0 Å². The van der Waals surface area contributed by atoms with E-state index in [1.807, 2.05) is 6.08 Å². The molecule has 2 fully saturated rings. The van der Waals surface area contributed by atoms with E-state index < -0.39 is 0 Å². The van der Waals surface area contributed by atoms with Gasteiger partial charge in [-0.25, -0.2) is 0 Å². The van der Waals surface area contributed by atoms with Crippen LogP contribution in [0.4, 0.5) is 0 Å². The lowest BCUT2D eigenvalue weighted by Gasteiger charge is -2.48. The number of likely N-dealkylation sites (tertiary alicyclic amines) is 1. The topological polar surface area (TPSA) is 21.7 Å². The molecule has 0 amide bonds. The van der Waals surface area contributed by atoms with Crippen LogP contribution >= 0.6 is 0 Å². The van der Waals surface area contributed by atoms with E-state index >= 15 is 0 Å². The van der Waals surface area contributed by atoms with Crippen molar-refractivity contribution < 1.29 is 9.47 Å². The smallest absolute Gasteiger partial charge is 0.119 e. The highest BCUT2D eigenvalue weighted by molar-refractivity contribution is 5.38. The van der Waals surface area contributed by atoms with Crippen LogP contribution in [0.2, 0.25) is 0 Å². The summed E-state index contributed by atoms with van der Waals surface area (Å²) in [6.45, 7) is 16.3. The van der Waals surface area contributed by atoms with Crippen molar-refractivity contribution in [1.82, 2.24) is 4.90 Å². The van der Waals surface area contributed by atoms with Crippen molar-refractivity contribution in [1.29, 1.82) is 0 Å². The first-order valence-electron chi connectivity index (χ1n) is 11.6. The molecule has 1 aromatic carbocycles. The maximum Gasteiger partial charge on any atom is 0.119 e. The Bertz CT molecular complexity index is 669. The van der Waals surface area contributed by atoms with Crippen LogP contribution in [0.3, 0.4) is 0 Å². The van der Waals surface area contributed by atoms with Gasteiger partial charge in [0.2, 0.25) is 0 Å². The van der Waals surface area contributed by atoms with Gasteiger partial charge in [-0.05, 0) is 99.9 Å². The number of rotatable bonds is 10. The molecule has 0 N–H and O–H groups in total. The molecule has 0 aromatic heterocycles. The lowest BCUT2D eigenvalue weighted by molar-refractivity contribution is 0.0188. The van der Waals surface area contributed by atoms with Crippen molar-refractivity contribution in [2.24, 2.45) is 17.8 Å². The van der Waals surface area contributed by atoms with Gasteiger partial charge in [0.15, 0.2) is 0 Å². The molecule has 3 rings (SSSR count). The number of nitrogens with zero attached hydrogens (tertiary/aromatic N) is 1. The Hall–Kier alpha value is -1.32. The van der Waals surface area contributed by atoms with Crippen LogP contribution in [0, 0.1) is 24.7 Å². The number of piperidine rings is 1. The quantitative estimate of drug-likeness (QED) is 0.462. The summed E-state index contributed by atoms with van der Waals surface area (Å²) in [5, 5.41) is 0. The fourth-order valence-corrected chi connectivity index (χ4v) is 5.53. The fraction of sp³-hybridized carbons (Fsp3) is 0.692. The fourth-order valence-electron chi connectivity index (χ4n) is 5.53. The second kappa shape index (κ2) is 10.1. The maximum atomic E-state index is 5.94. The minimum Gasteiger partial charge on any atom is -0.497 e. The lowest BCUT2D eigenvalue weighted by Crippen LogP contribution is -2.50. The first-order chi connectivity index (χ1) is 13.9. The van der Waals surface area contributed by atoms with Gasteiger partial charge in [0.1, 0.15) is 5.75 Å². The van der Waals surface area contributed by atoms with Crippen molar-refractivity contribution in [3.63, 3.8) is 0 Å². The van der Waals surface area contributed by atoms with Crippen LogP contribution in [0.5, 0.6) is 5.75 Å². The summed E-state index contributed by atoms with van der Waals surface area (Å²) in [7, 11) is 1.77. The van der Waals surface area contributed by atoms with Crippen molar-refractivity contribution in [3.05, 3.63) is 42.0 Å². The third-order valence-electron chi connectivity index (χ3n) is 7.26. The van der Waals surface area contributed by atoms with Crippen LogP contribution in [0.25, 0.3) is 0 Å². The Kier molecular flexibility index (Phi) is 7.81. The van der Waals surface area contributed by atoms with E-state index in [2.05, 4.69) is 57.4 Å². The highest BCUT2D eigenvalue weighted by Gasteiger charge is 2.41. The molecule has 1 aromatic rings. The van der Waals surface area contributed by atoms with Crippen molar-refractivity contribution >= 4 is 0 Å². The molecule has 2 unspecified atom stereocenters. The first kappa shape index (κ1) is 22.4. The molecule has 0 bridgehead atoms. The summed E-state index contributed by atoms with van der Waals surface area (Å²) in [4.78, 5) is 2.78. The molecule has 5 atom stereocenters. The van der Waals surface area contributed by atoms with E-state index in [0.717, 1.165) is 18.1 Å². The normalized spacial score (nSPS) is 27.4. The van der Waals surface area contributed by atoms with Crippen LogP contribution in [-0.2, 0) is 4.74 Å². The average Bonchev–Trinajstić information content (AvgIpc) is 3.52. The molecule has 2 aliphatic rings. The van der Waals surface area contributed by atoms with E-state index in [0.29, 0.717) is 30.4 Å². The Balaban J connectivity index is 1.83. The number of benzene rings is 1. The van der Waals surface area contributed by atoms with Gasteiger partial charge in [0.05, 0.1) is 19.8 Å². The zero-order valence-corrected chi connectivity index (χ0v) is 19.2. The molecule has 0 spiro atoms. The van der Waals surface area contributed by atoms with Crippen LogP contribution in [0.1, 0.15) is 63.5 Å². The van der Waals surface area contributed by atoms with Gasteiger partial charge in [0, 0.05) is 12.6 Å². The third kappa shape index (κ3) is 5.64. The van der Waals surface area contributed by atoms with Crippen LogP contribution < -0.4 is 4.74 Å². The molecule has 3 nitrogen and oxygen atoms in total. The summed E-state index contributed by atoms with van der Waals surface area (Å²) in [6.07, 6.45) is 7.30. The molecule has 3 heteroatoms. The zero-order valence-electron chi connectivity index (χ0n) is 19.2. The monoisotopic (exact) mass is 399 g/mol. The average molecular weight is 400 g/mol. The van der Waals surface area contributed by atoms with E-state index in [9.17, 15) is 0 Å². The SMILES string of the molecule is C=CCO[C@@H](C)CC(C)C1[C@@H](C)N(CC2CC2)CC[C@H]1c1cc(OC)ccc1C. The molecule has 1 aliphatic heterocycles. The molecule has 1 aliphatic carbocycles. The Morgan fingerprint density at radius 2 is 2.00 bits per heavy atom. The standard InChI is InChI=1S/C26H41NO2/c1-7-14-29-20(4)15-19(3)26-21(5)27(17-22-9-10-22)13-12-24(26)25-16-23(28-6)11-8-18(25)2/h7-8,11,16,19-22,24,26H,1,9-10,12-15,17H2,2-6H3/t19?,20-,21+,24-,26?/m0/s1. The lowest BCUT2D eigenvalue weighted by atomic mass is 9.68. The molecule has 162 valence electrons. The largest absolute Gasteiger partial charge is 0.497 e. The maximum absolute atomic E-state index is 5.94. The van der Waals surface area contributed by atoms with E-state index in [-0.39, 0.29) is 6.10 Å². The van der Waals surface area contributed by atoms with Gasteiger partial charge in [0.25, 0.3) is 0 Å². The molecule has 1 heterocycles. The zero-order chi connectivity index (χ0) is 21.0. The van der Waals surface area contributed by atoms with Crippen LogP contribution in [0.15, 0.2) is 30.9 Å². The second-order valence-electron chi connectivity index (χ2n) is 9.52. The number of hydrogen-bond donors (Lipinski definition) is 0. The molecular formula is C26H41NO2. The second-order valence-corrected chi connectivity index (χ2v) is 9.52. The van der Waals surface area contributed by atoms with Crippen LogP contribution in [-0.4, -0.2) is 43.9 Å². The predicted molar refractivity (Wildman–Crippen MR) is 122 cm³/mol. The summed E-state index contributed by atoms with van der Waals surface area (Å²) < 4.78 is 11.5. The third-order valence-corrected chi connectivity index (χ3v) is 7.26. The predicted octanol–water partition coefficient (Wildman–Crippen LogP) is 5.82. The van der Waals surface area contributed by atoms with Crippen molar-refractivity contribution in [3.8, 4) is 5.75 Å². The Morgan fingerprint density at radius 1 is 1.24 bits per heavy atom. The molecule has 29 heavy (non-hydrogen) atoms. The minimum atomic E-state index is 0.265. The van der Waals surface area contributed by atoms with Crippen molar-refractivity contribution in [2.45, 2.75) is 71.4 Å². The Labute approximate surface area is 178 Å². The Morgan fingerprint density at radius 3 is 2.66 bits per heavy atom. The highest BCUT2D eigenvalue weighted by Crippen LogP contribution is 2.45. The summed E-state index contributed by atoms with van der Waals surface area (Å²) >= 11 is 0. The van der Waals surface area contributed by atoms with Crippen molar-refractivity contribution in [2.75, 3.05) is 26.8 Å².